The lowest BCUT2D eigenvalue weighted by Gasteiger charge is -2.32. The standard InChI is InChI=1S/C11H20N2O3/c1-13(2)10(14)16-9-7-11(15-8-9)3-5-12-6-4-11/h9,12H,3-8H2,1-2H3. The van der Waals surface area contributed by atoms with E-state index in [1.165, 1.54) is 4.90 Å². The van der Waals surface area contributed by atoms with Crippen LogP contribution in [0.15, 0.2) is 0 Å². The molecular weight excluding hydrogens is 208 g/mol. The third-order valence-electron chi connectivity index (χ3n) is 3.32. The van der Waals surface area contributed by atoms with Gasteiger partial charge in [0, 0.05) is 20.5 Å². The number of carbonyl (C=O) groups excluding carboxylic acids is 1. The van der Waals surface area contributed by atoms with Crippen LogP contribution in [-0.4, -0.2) is 56.5 Å². The summed E-state index contributed by atoms with van der Waals surface area (Å²) < 4.78 is 11.2. The molecule has 1 spiro atoms. The Balaban J connectivity index is 1.85. The number of piperidine rings is 1. The Kier molecular flexibility index (Phi) is 3.35. The summed E-state index contributed by atoms with van der Waals surface area (Å²) in [6.45, 7) is 2.53. The Bertz CT molecular complexity index is 262. The van der Waals surface area contributed by atoms with Gasteiger partial charge in [0.05, 0.1) is 12.2 Å². The lowest BCUT2D eigenvalue weighted by atomic mass is 9.89. The largest absolute Gasteiger partial charge is 0.444 e. The minimum Gasteiger partial charge on any atom is -0.444 e. The van der Waals surface area contributed by atoms with Crippen molar-refractivity contribution in [3.63, 3.8) is 0 Å². The first-order valence-electron chi connectivity index (χ1n) is 5.84. The highest BCUT2D eigenvalue weighted by molar-refractivity contribution is 5.67. The molecule has 0 aliphatic carbocycles. The summed E-state index contributed by atoms with van der Waals surface area (Å²) in [4.78, 5) is 12.9. The molecule has 0 bridgehead atoms. The van der Waals surface area contributed by atoms with E-state index < -0.39 is 0 Å². The Hall–Kier alpha value is -0.810. The van der Waals surface area contributed by atoms with Gasteiger partial charge in [-0.25, -0.2) is 4.79 Å². The number of carbonyl (C=O) groups is 1. The topological polar surface area (TPSA) is 50.8 Å². The molecule has 0 aromatic carbocycles. The molecule has 5 heteroatoms. The number of hydrogen-bond acceptors (Lipinski definition) is 4. The number of hydrogen-bond donors (Lipinski definition) is 1. The van der Waals surface area contributed by atoms with Crippen molar-refractivity contribution >= 4 is 6.09 Å². The molecule has 2 aliphatic heterocycles. The van der Waals surface area contributed by atoms with Crippen molar-refractivity contribution in [2.45, 2.75) is 31.0 Å². The lowest BCUT2D eigenvalue weighted by molar-refractivity contribution is -0.0216. The summed E-state index contributed by atoms with van der Waals surface area (Å²) in [6.07, 6.45) is 2.52. The van der Waals surface area contributed by atoms with Gasteiger partial charge in [-0.1, -0.05) is 0 Å². The molecule has 0 aromatic heterocycles. The zero-order chi connectivity index (χ0) is 11.6. The zero-order valence-electron chi connectivity index (χ0n) is 9.99. The highest BCUT2D eigenvalue weighted by atomic mass is 16.6. The second kappa shape index (κ2) is 4.59. The molecular formula is C11H20N2O3. The number of rotatable bonds is 1. The van der Waals surface area contributed by atoms with Crippen molar-refractivity contribution in [2.75, 3.05) is 33.8 Å². The quantitative estimate of drug-likeness (QED) is 0.714. The first-order chi connectivity index (χ1) is 7.61. The summed E-state index contributed by atoms with van der Waals surface area (Å²) in [5.41, 5.74) is -0.0392. The third kappa shape index (κ3) is 2.47. The molecule has 1 N–H and O–H groups in total. The van der Waals surface area contributed by atoms with E-state index in [-0.39, 0.29) is 17.8 Å². The van der Waals surface area contributed by atoms with E-state index in [2.05, 4.69) is 5.32 Å². The normalized spacial score (nSPS) is 28.0. The Morgan fingerprint density at radius 1 is 1.44 bits per heavy atom. The first kappa shape index (κ1) is 11.7. The monoisotopic (exact) mass is 228 g/mol. The van der Waals surface area contributed by atoms with Crippen LogP contribution < -0.4 is 5.32 Å². The van der Waals surface area contributed by atoms with Gasteiger partial charge in [0.2, 0.25) is 0 Å². The molecule has 2 saturated heterocycles. The summed E-state index contributed by atoms with van der Waals surface area (Å²) >= 11 is 0. The maximum atomic E-state index is 11.4. The molecule has 2 aliphatic rings. The fourth-order valence-electron chi connectivity index (χ4n) is 2.36. The molecule has 92 valence electrons. The first-order valence-corrected chi connectivity index (χ1v) is 5.84. The van der Waals surface area contributed by atoms with Gasteiger partial charge in [0.1, 0.15) is 6.10 Å². The Morgan fingerprint density at radius 3 is 2.75 bits per heavy atom. The van der Waals surface area contributed by atoms with E-state index >= 15 is 0 Å². The smallest absolute Gasteiger partial charge is 0.409 e. The molecule has 2 heterocycles. The third-order valence-corrected chi connectivity index (χ3v) is 3.32. The number of nitrogens with one attached hydrogen (secondary N) is 1. The van der Waals surface area contributed by atoms with Crippen molar-refractivity contribution in [1.82, 2.24) is 10.2 Å². The zero-order valence-corrected chi connectivity index (χ0v) is 9.99. The molecule has 0 saturated carbocycles. The van der Waals surface area contributed by atoms with Gasteiger partial charge < -0.3 is 19.7 Å². The van der Waals surface area contributed by atoms with Crippen molar-refractivity contribution < 1.29 is 14.3 Å². The highest BCUT2D eigenvalue weighted by Gasteiger charge is 2.42. The maximum Gasteiger partial charge on any atom is 0.409 e. The summed E-state index contributed by atoms with van der Waals surface area (Å²) in [5, 5.41) is 3.31. The Morgan fingerprint density at radius 2 is 2.12 bits per heavy atom. The van der Waals surface area contributed by atoms with Crippen molar-refractivity contribution in [2.24, 2.45) is 0 Å². The summed E-state index contributed by atoms with van der Waals surface area (Å²) in [5.74, 6) is 0. The number of ether oxygens (including phenoxy) is 2. The average molecular weight is 228 g/mol. The van der Waals surface area contributed by atoms with Crippen LogP contribution in [0.2, 0.25) is 0 Å². The van der Waals surface area contributed by atoms with Crippen LogP contribution >= 0.6 is 0 Å². The van der Waals surface area contributed by atoms with Crippen LogP contribution in [-0.2, 0) is 9.47 Å². The predicted octanol–water partition coefficient (Wildman–Crippen LogP) is 0.596. The van der Waals surface area contributed by atoms with Crippen molar-refractivity contribution in [1.29, 1.82) is 0 Å². The van der Waals surface area contributed by atoms with Gasteiger partial charge in [-0.15, -0.1) is 0 Å². The second-order valence-corrected chi connectivity index (χ2v) is 4.85. The summed E-state index contributed by atoms with van der Waals surface area (Å²) in [7, 11) is 3.39. The molecule has 1 amide bonds. The van der Waals surface area contributed by atoms with Crippen LogP contribution in [0.25, 0.3) is 0 Å². The van der Waals surface area contributed by atoms with Crippen LogP contribution in [0.5, 0.6) is 0 Å². The molecule has 2 fully saturated rings. The lowest BCUT2D eigenvalue weighted by Crippen LogP contribution is -2.41. The van der Waals surface area contributed by atoms with Gasteiger partial charge in [-0.2, -0.15) is 0 Å². The molecule has 16 heavy (non-hydrogen) atoms. The molecule has 1 unspecified atom stereocenters. The van der Waals surface area contributed by atoms with Gasteiger partial charge in [-0.3, -0.25) is 0 Å². The Labute approximate surface area is 96.1 Å². The molecule has 0 aromatic rings. The van der Waals surface area contributed by atoms with Gasteiger partial charge in [-0.05, 0) is 25.9 Å². The fraction of sp³-hybridized carbons (Fsp3) is 0.909. The number of nitrogens with zero attached hydrogens (tertiary/aromatic N) is 1. The van der Waals surface area contributed by atoms with E-state index in [0.717, 1.165) is 32.4 Å². The summed E-state index contributed by atoms with van der Waals surface area (Å²) in [6, 6.07) is 0. The predicted molar refractivity (Wildman–Crippen MR) is 59.4 cm³/mol. The number of amides is 1. The van der Waals surface area contributed by atoms with Gasteiger partial charge in [0.15, 0.2) is 0 Å². The second-order valence-electron chi connectivity index (χ2n) is 4.85. The van der Waals surface area contributed by atoms with Crippen LogP contribution in [0.4, 0.5) is 4.79 Å². The van der Waals surface area contributed by atoms with Crippen molar-refractivity contribution in [3.8, 4) is 0 Å². The minimum atomic E-state index is -0.278. The molecule has 0 radical (unpaired) electrons. The highest BCUT2D eigenvalue weighted by Crippen LogP contribution is 2.35. The average Bonchev–Trinajstić information content (AvgIpc) is 2.62. The minimum absolute atomic E-state index is 0.0392. The fourth-order valence-corrected chi connectivity index (χ4v) is 2.36. The van der Waals surface area contributed by atoms with E-state index in [1.54, 1.807) is 14.1 Å². The van der Waals surface area contributed by atoms with Crippen LogP contribution in [0, 0.1) is 0 Å². The molecule has 5 nitrogen and oxygen atoms in total. The van der Waals surface area contributed by atoms with E-state index in [0.29, 0.717) is 6.61 Å². The van der Waals surface area contributed by atoms with Crippen molar-refractivity contribution in [3.05, 3.63) is 0 Å². The van der Waals surface area contributed by atoms with E-state index in [9.17, 15) is 4.79 Å². The van der Waals surface area contributed by atoms with Gasteiger partial charge >= 0.3 is 6.09 Å². The molecule has 2 rings (SSSR count). The van der Waals surface area contributed by atoms with Crippen LogP contribution in [0.3, 0.4) is 0 Å². The molecule has 1 atom stereocenters. The van der Waals surface area contributed by atoms with E-state index in [1.807, 2.05) is 0 Å². The SMILES string of the molecule is CN(C)C(=O)OC1COC2(CCNCC2)C1. The van der Waals surface area contributed by atoms with Gasteiger partial charge in [0.25, 0.3) is 0 Å². The van der Waals surface area contributed by atoms with Crippen LogP contribution in [0.1, 0.15) is 19.3 Å². The van der Waals surface area contributed by atoms with E-state index in [4.69, 9.17) is 9.47 Å². The maximum absolute atomic E-state index is 11.4.